The van der Waals surface area contributed by atoms with E-state index in [1.54, 1.807) is 12.1 Å². The first-order valence-corrected chi connectivity index (χ1v) is 5.89. The van der Waals surface area contributed by atoms with Crippen LogP contribution in [0.2, 0.25) is 0 Å². The van der Waals surface area contributed by atoms with Gasteiger partial charge in [-0.1, -0.05) is 18.2 Å². The molecule has 2 rings (SSSR count). The van der Waals surface area contributed by atoms with Crippen molar-refractivity contribution in [1.29, 1.82) is 0 Å². The first-order chi connectivity index (χ1) is 8.99. The Balaban J connectivity index is 2.05. The van der Waals surface area contributed by atoms with E-state index in [0.29, 0.717) is 5.69 Å². The molecule has 2 N–H and O–H groups in total. The predicted molar refractivity (Wildman–Crippen MR) is 67.7 cm³/mol. The zero-order valence-corrected chi connectivity index (χ0v) is 10.4. The molecule has 0 radical (unpaired) electrons. The van der Waals surface area contributed by atoms with E-state index in [1.807, 2.05) is 19.1 Å². The van der Waals surface area contributed by atoms with Gasteiger partial charge in [0.05, 0.1) is 12.5 Å². The zero-order valence-electron chi connectivity index (χ0n) is 10.4. The van der Waals surface area contributed by atoms with Crippen LogP contribution in [0.3, 0.4) is 0 Å². The summed E-state index contributed by atoms with van der Waals surface area (Å²) in [6.45, 7) is 1.84. The van der Waals surface area contributed by atoms with Gasteiger partial charge in [-0.05, 0) is 18.6 Å². The SMILES string of the molecule is Cc1ccccc1NC(=O)N1C(=O)CC1CC(=O)O. The van der Waals surface area contributed by atoms with E-state index in [0.717, 1.165) is 10.5 Å². The summed E-state index contributed by atoms with van der Waals surface area (Å²) in [4.78, 5) is 35.0. The van der Waals surface area contributed by atoms with Crippen LogP contribution in [0.4, 0.5) is 10.5 Å². The summed E-state index contributed by atoms with van der Waals surface area (Å²) in [6.07, 6.45) is -0.111. The molecule has 1 unspecified atom stereocenters. The number of nitrogens with zero attached hydrogens (tertiary/aromatic N) is 1. The molecule has 6 heteroatoms. The molecular formula is C13H14N2O4. The highest BCUT2D eigenvalue weighted by molar-refractivity contribution is 6.05. The number of rotatable bonds is 3. The van der Waals surface area contributed by atoms with Crippen molar-refractivity contribution in [3.8, 4) is 0 Å². The predicted octanol–water partition coefficient (Wildman–Crippen LogP) is 1.60. The number of imide groups is 1. The number of aliphatic carboxylic acids is 1. The van der Waals surface area contributed by atoms with Crippen LogP contribution in [0.5, 0.6) is 0 Å². The van der Waals surface area contributed by atoms with E-state index in [-0.39, 0.29) is 18.7 Å². The van der Waals surface area contributed by atoms with E-state index in [9.17, 15) is 14.4 Å². The number of carboxylic acids is 1. The largest absolute Gasteiger partial charge is 0.481 e. The minimum absolute atomic E-state index is 0.105. The normalized spacial score (nSPS) is 17.8. The van der Waals surface area contributed by atoms with Crippen molar-refractivity contribution in [2.24, 2.45) is 0 Å². The Kier molecular flexibility index (Phi) is 3.50. The summed E-state index contributed by atoms with van der Waals surface area (Å²) in [7, 11) is 0. The molecule has 1 atom stereocenters. The van der Waals surface area contributed by atoms with Gasteiger partial charge in [0.15, 0.2) is 0 Å². The van der Waals surface area contributed by atoms with Gasteiger partial charge in [-0.3, -0.25) is 14.5 Å². The summed E-state index contributed by atoms with van der Waals surface area (Å²) < 4.78 is 0. The zero-order chi connectivity index (χ0) is 14.0. The number of likely N-dealkylation sites (tertiary alicyclic amines) is 1. The molecular weight excluding hydrogens is 248 g/mol. The maximum absolute atomic E-state index is 12.0. The van der Waals surface area contributed by atoms with Gasteiger partial charge in [-0.15, -0.1) is 0 Å². The van der Waals surface area contributed by atoms with E-state index in [2.05, 4.69) is 5.32 Å². The van der Waals surface area contributed by atoms with E-state index in [4.69, 9.17) is 5.11 Å². The number of nitrogens with one attached hydrogen (secondary N) is 1. The summed E-state index contributed by atoms with van der Waals surface area (Å²) >= 11 is 0. The summed E-state index contributed by atoms with van der Waals surface area (Å²) in [5, 5.41) is 11.3. The lowest BCUT2D eigenvalue weighted by Crippen LogP contribution is -2.57. The van der Waals surface area contributed by atoms with Crippen LogP contribution in [0.1, 0.15) is 18.4 Å². The van der Waals surface area contributed by atoms with Gasteiger partial charge in [0.1, 0.15) is 0 Å². The van der Waals surface area contributed by atoms with Crippen LogP contribution in [0.15, 0.2) is 24.3 Å². The fraction of sp³-hybridized carbons (Fsp3) is 0.308. The van der Waals surface area contributed by atoms with Gasteiger partial charge in [0, 0.05) is 12.1 Å². The smallest absolute Gasteiger partial charge is 0.328 e. The van der Waals surface area contributed by atoms with Crippen LogP contribution in [-0.4, -0.2) is 34.0 Å². The van der Waals surface area contributed by atoms with Crippen LogP contribution in [-0.2, 0) is 9.59 Å². The van der Waals surface area contributed by atoms with Crippen LogP contribution in [0.25, 0.3) is 0 Å². The number of carbonyl (C=O) groups excluding carboxylic acids is 2. The first-order valence-electron chi connectivity index (χ1n) is 5.89. The molecule has 1 aromatic carbocycles. The van der Waals surface area contributed by atoms with Gasteiger partial charge in [0.2, 0.25) is 5.91 Å². The highest BCUT2D eigenvalue weighted by Crippen LogP contribution is 2.24. The van der Waals surface area contributed by atoms with Gasteiger partial charge in [-0.25, -0.2) is 4.79 Å². The van der Waals surface area contributed by atoms with Crippen molar-refractivity contribution >= 4 is 23.6 Å². The quantitative estimate of drug-likeness (QED) is 0.810. The fourth-order valence-corrected chi connectivity index (χ4v) is 2.02. The Bertz CT molecular complexity index is 541. The second-order valence-corrected chi connectivity index (χ2v) is 4.46. The molecule has 1 heterocycles. The third-order valence-electron chi connectivity index (χ3n) is 3.06. The minimum Gasteiger partial charge on any atom is -0.481 e. The molecule has 0 aromatic heterocycles. The number of amides is 3. The molecule has 0 spiro atoms. The van der Waals surface area contributed by atoms with E-state index in [1.165, 1.54) is 0 Å². The average molecular weight is 262 g/mol. The van der Waals surface area contributed by atoms with Crippen LogP contribution >= 0.6 is 0 Å². The fourth-order valence-electron chi connectivity index (χ4n) is 2.02. The number of para-hydroxylation sites is 1. The van der Waals surface area contributed by atoms with Gasteiger partial charge in [-0.2, -0.15) is 0 Å². The maximum atomic E-state index is 12.0. The molecule has 19 heavy (non-hydrogen) atoms. The third-order valence-corrected chi connectivity index (χ3v) is 3.06. The minimum atomic E-state index is -1.02. The average Bonchev–Trinajstić information content (AvgIpc) is 2.30. The topological polar surface area (TPSA) is 86.7 Å². The summed E-state index contributed by atoms with van der Waals surface area (Å²) in [6, 6.07) is 6.06. The number of aryl methyl sites for hydroxylation is 1. The molecule has 0 aliphatic carbocycles. The molecule has 6 nitrogen and oxygen atoms in total. The molecule has 0 saturated carbocycles. The lowest BCUT2D eigenvalue weighted by atomic mass is 9.99. The Morgan fingerprint density at radius 2 is 2.11 bits per heavy atom. The van der Waals surface area contributed by atoms with Crippen LogP contribution < -0.4 is 5.32 Å². The van der Waals surface area contributed by atoms with Crippen LogP contribution in [0, 0.1) is 6.92 Å². The van der Waals surface area contributed by atoms with Crippen molar-refractivity contribution in [1.82, 2.24) is 4.90 Å². The monoisotopic (exact) mass is 262 g/mol. The third kappa shape index (κ3) is 2.73. The molecule has 1 fully saturated rings. The van der Waals surface area contributed by atoms with Gasteiger partial charge >= 0.3 is 12.0 Å². The Morgan fingerprint density at radius 3 is 2.68 bits per heavy atom. The van der Waals surface area contributed by atoms with Crippen molar-refractivity contribution in [2.45, 2.75) is 25.8 Å². The second-order valence-electron chi connectivity index (χ2n) is 4.46. The molecule has 1 saturated heterocycles. The highest BCUT2D eigenvalue weighted by atomic mass is 16.4. The number of hydrogen-bond donors (Lipinski definition) is 2. The Morgan fingerprint density at radius 1 is 1.42 bits per heavy atom. The number of carboxylic acid groups (broad SMARTS) is 1. The number of hydrogen-bond acceptors (Lipinski definition) is 3. The number of urea groups is 1. The van der Waals surface area contributed by atoms with Crippen molar-refractivity contribution in [3.05, 3.63) is 29.8 Å². The summed E-state index contributed by atoms with van der Waals surface area (Å²) in [5.74, 6) is -1.37. The van der Waals surface area contributed by atoms with E-state index < -0.39 is 18.0 Å². The lowest BCUT2D eigenvalue weighted by Gasteiger charge is -2.37. The van der Waals surface area contributed by atoms with Gasteiger partial charge in [0.25, 0.3) is 0 Å². The first kappa shape index (κ1) is 13.1. The number of benzene rings is 1. The standard InChI is InChI=1S/C13H14N2O4/c1-8-4-2-3-5-10(8)14-13(19)15-9(6-11(15)16)7-12(17)18/h2-5,9H,6-7H2,1H3,(H,14,19)(H,17,18). The second kappa shape index (κ2) is 5.09. The summed E-state index contributed by atoms with van der Waals surface area (Å²) in [5.41, 5.74) is 1.49. The Labute approximate surface area is 110 Å². The highest BCUT2D eigenvalue weighted by Gasteiger charge is 2.41. The van der Waals surface area contributed by atoms with Gasteiger partial charge < -0.3 is 10.4 Å². The molecule has 0 bridgehead atoms. The molecule has 100 valence electrons. The molecule has 3 amide bonds. The number of carbonyl (C=O) groups is 3. The lowest BCUT2D eigenvalue weighted by molar-refractivity contribution is -0.146. The van der Waals surface area contributed by atoms with Crippen molar-refractivity contribution in [3.63, 3.8) is 0 Å². The van der Waals surface area contributed by atoms with E-state index >= 15 is 0 Å². The Hall–Kier alpha value is -2.37. The maximum Gasteiger partial charge on any atom is 0.328 e. The molecule has 1 aliphatic heterocycles. The van der Waals surface area contributed by atoms with Crippen molar-refractivity contribution in [2.75, 3.05) is 5.32 Å². The van der Waals surface area contributed by atoms with Crippen molar-refractivity contribution < 1.29 is 19.5 Å². The number of β-lactam (4-membered cyclic amide) rings is 1. The number of anilines is 1. The molecule has 1 aliphatic rings. The molecule has 1 aromatic rings.